The maximum Gasteiger partial charge on any atom is 0.272 e. The first-order valence-electron chi connectivity index (χ1n) is 7.02. The zero-order valence-electron chi connectivity index (χ0n) is 12.4. The van der Waals surface area contributed by atoms with Gasteiger partial charge in [0.2, 0.25) is 0 Å². The van der Waals surface area contributed by atoms with Gasteiger partial charge in [0.15, 0.2) is 0 Å². The van der Waals surface area contributed by atoms with Crippen molar-refractivity contribution < 1.29 is 4.79 Å². The summed E-state index contributed by atoms with van der Waals surface area (Å²) in [5, 5.41) is 11.2. The summed E-state index contributed by atoms with van der Waals surface area (Å²) in [6, 6.07) is 7.84. The van der Waals surface area contributed by atoms with Crippen molar-refractivity contribution in [2.75, 3.05) is 0 Å². The van der Waals surface area contributed by atoms with E-state index in [2.05, 4.69) is 15.6 Å². The fourth-order valence-electron chi connectivity index (χ4n) is 2.20. The minimum Gasteiger partial charge on any atom is -0.272 e. The number of hydrazone groups is 1. The van der Waals surface area contributed by atoms with Crippen molar-refractivity contribution in [2.24, 2.45) is 5.10 Å². The van der Waals surface area contributed by atoms with E-state index in [-0.39, 0.29) is 5.91 Å². The molecule has 2 heterocycles. The van der Waals surface area contributed by atoms with Crippen LogP contribution >= 0.6 is 11.3 Å². The maximum absolute atomic E-state index is 12.2. The lowest BCUT2D eigenvalue weighted by Crippen LogP contribution is -2.17. The molecule has 0 spiro atoms. The molecule has 2 aromatic heterocycles. The molecule has 0 fully saturated rings. The first kappa shape index (κ1) is 14.5. The molecule has 0 unspecified atom stereocenters. The Morgan fingerprint density at radius 3 is 3.05 bits per heavy atom. The smallest absolute Gasteiger partial charge is 0.272 e. The Bertz CT molecular complexity index is 847. The summed E-state index contributed by atoms with van der Waals surface area (Å²) in [5.41, 5.74) is 5.02. The molecule has 0 atom stereocenters. The number of carbonyl (C=O) groups is 1. The lowest BCUT2D eigenvalue weighted by atomic mass is 10.2. The molecule has 0 bridgehead atoms. The van der Waals surface area contributed by atoms with Gasteiger partial charge in [-0.1, -0.05) is 18.2 Å². The summed E-state index contributed by atoms with van der Waals surface area (Å²) in [6.45, 7) is 4.75. The van der Waals surface area contributed by atoms with Gasteiger partial charge in [0.25, 0.3) is 5.91 Å². The summed E-state index contributed by atoms with van der Waals surface area (Å²) in [7, 11) is 0. The van der Waals surface area contributed by atoms with E-state index in [9.17, 15) is 4.79 Å². The Labute approximate surface area is 132 Å². The van der Waals surface area contributed by atoms with Crippen LogP contribution in [0.1, 0.15) is 28.5 Å². The second-order valence-corrected chi connectivity index (χ2v) is 5.78. The van der Waals surface area contributed by atoms with Crippen LogP contribution in [0.25, 0.3) is 10.1 Å². The van der Waals surface area contributed by atoms with Gasteiger partial charge in [-0.25, -0.2) is 5.43 Å². The van der Waals surface area contributed by atoms with Crippen molar-refractivity contribution >= 4 is 33.5 Å². The SMILES string of the molecule is CCn1cc(/C=N/NC(=O)c2csc3ccccc23)c(C)n1. The van der Waals surface area contributed by atoms with Crippen molar-refractivity contribution in [3.63, 3.8) is 0 Å². The molecule has 3 rings (SSSR count). The molecule has 0 saturated heterocycles. The van der Waals surface area contributed by atoms with Crippen LogP contribution in [-0.2, 0) is 6.54 Å². The van der Waals surface area contributed by atoms with E-state index in [4.69, 9.17) is 0 Å². The van der Waals surface area contributed by atoms with Gasteiger partial charge in [-0.15, -0.1) is 11.3 Å². The molecule has 1 N–H and O–H groups in total. The van der Waals surface area contributed by atoms with Gasteiger partial charge in [-0.05, 0) is 19.9 Å². The number of fused-ring (bicyclic) bond motifs is 1. The average Bonchev–Trinajstić information content (AvgIpc) is 3.11. The van der Waals surface area contributed by atoms with E-state index in [1.807, 2.05) is 54.4 Å². The average molecular weight is 312 g/mol. The Morgan fingerprint density at radius 2 is 2.27 bits per heavy atom. The predicted octanol–water partition coefficient (Wildman–Crippen LogP) is 3.19. The molecule has 22 heavy (non-hydrogen) atoms. The van der Waals surface area contributed by atoms with Crippen LogP contribution in [0.2, 0.25) is 0 Å². The lowest BCUT2D eigenvalue weighted by Gasteiger charge is -1.97. The Kier molecular flexibility index (Phi) is 4.02. The monoisotopic (exact) mass is 312 g/mol. The highest BCUT2D eigenvalue weighted by Crippen LogP contribution is 2.25. The molecule has 0 saturated carbocycles. The first-order chi connectivity index (χ1) is 10.7. The molecule has 0 aliphatic carbocycles. The standard InChI is InChI=1S/C16H16N4OS/c1-3-20-9-12(11(2)19-20)8-17-18-16(21)14-10-22-15-7-5-4-6-13(14)15/h4-10H,3H2,1-2H3,(H,18,21)/b17-8+. The number of hydrogen-bond acceptors (Lipinski definition) is 4. The molecule has 1 aromatic carbocycles. The van der Waals surface area contributed by atoms with Crippen molar-refractivity contribution in [2.45, 2.75) is 20.4 Å². The molecule has 0 aliphatic heterocycles. The van der Waals surface area contributed by atoms with Gasteiger partial charge in [0, 0.05) is 33.8 Å². The Hall–Kier alpha value is -2.47. The van der Waals surface area contributed by atoms with E-state index in [0.717, 1.165) is 27.9 Å². The molecule has 0 radical (unpaired) electrons. The molecule has 6 heteroatoms. The van der Waals surface area contributed by atoms with Gasteiger partial charge < -0.3 is 0 Å². The summed E-state index contributed by atoms with van der Waals surface area (Å²) >= 11 is 1.55. The molecule has 0 aliphatic rings. The van der Waals surface area contributed by atoms with E-state index < -0.39 is 0 Å². The summed E-state index contributed by atoms with van der Waals surface area (Å²) in [4.78, 5) is 12.2. The highest BCUT2D eigenvalue weighted by molar-refractivity contribution is 7.17. The quantitative estimate of drug-likeness (QED) is 0.594. The second-order valence-electron chi connectivity index (χ2n) is 4.87. The zero-order chi connectivity index (χ0) is 15.5. The summed E-state index contributed by atoms with van der Waals surface area (Å²) in [5.74, 6) is -0.200. The molecule has 3 aromatic rings. The molecule has 5 nitrogen and oxygen atoms in total. The zero-order valence-corrected chi connectivity index (χ0v) is 13.2. The summed E-state index contributed by atoms with van der Waals surface area (Å²) < 4.78 is 2.93. The van der Waals surface area contributed by atoms with Crippen LogP contribution < -0.4 is 5.43 Å². The van der Waals surface area contributed by atoms with Gasteiger partial charge in [-0.2, -0.15) is 10.2 Å². The van der Waals surface area contributed by atoms with E-state index in [1.54, 1.807) is 17.6 Å². The molecular weight excluding hydrogens is 296 g/mol. The van der Waals surface area contributed by atoms with Crippen molar-refractivity contribution in [1.29, 1.82) is 0 Å². The predicted molar refractivity (Wildman–Crippen MR) is 89.5 cm³/mol. The number of nitrogens with zero attached hydrogens (tertiary/aromatic N) is 3. The van der Waals surface area contributed by atoms with E-state index in [0.29, 0.717) is 5.56 Å². The fourth-order valence-corrected chi connectivity index (χ4v) is 3.14. The second kappa shape index (κ2) is 6.11. The minimum atomic E-state index is -0.200. The third-order valence-corrected chi connectivity index (χ3v) is 4.37. The van der Waals surface area contributed by atoms with Gasteiger partial charge in [0.05, 0.1) is 17.5 Å². The minimum absolute atomic E-state index is 0.200. The summed E-state index contributed by atoms with van der Waals surface area (Å²) in [6.07, 6.45) is 3.53. The van der Waals surface area contributed by atoms with Gasteiger partial charge in [-0.3, -0.25) is 9.48 Å². The molecular formula is C16H16N4OS. The Balaban J connectivity index is 1.74. The number of amides is 1. The number of aromatic nitrogens is 2. The number of rotatable bonds is 4. The largest absolute Gasteiger partial charge is 0.272 e. The topological polar surface area (TPSA) is 59.3 Å². The van der Waals surface area contributed by atoms with Gasteiger partial charge in [0.1, 0.15) is 0 Å². The number of thiophene rings is 1. The van der Waals surface area contributed by atoms with Crippen molar-refractivity contribution in [3.8, 4) is 0 Å². The van der Waals surface area contributed by atoms with Gasteiger partial charge >= 0.3 is 0 Å². The molecule has 1 amide bonds. The first-order valence-corrected chi connectivity index (χ1v) is 7.90. The third kappa shape index (κ3) is 2.78. The normalized spacial score (nSPS) is 11.4. The van der Waals surface area contributed by atoms with Crippen LogP contribution in [0.5, 0.6) is 0 Å². The fraction of sp³-hybridized carbons (Fsp3) is 0.188. The molecule has 112 valence electrons. The number of aryl methyl sites for hydroxylation is 2. The van der Waals surface area contributed by atoms with E-state index >= 15 is 0 Å². The number of carbonyl (C=O) groups excluding carboxylic acids is 1. The highest BCUT2D eigenvalue weighted by atomic mass is 32.1. The number of nitrogens with one attached hydrogen (secondary N) is 1. The lowest BCUT2D eigenvalue weighted by molar-refractivity contribution is 0.0957. The maximum atomic E-state index is 12.2. The van der Waals surface area contributed by atoms with Crippen LogP contribution in [0.3, 0.4) is 0 Å². The van der Waals surface area contributed by atoms with Crippen LogP contribution in [0.4, 0.5) is 0 Å². The Morgan fingerprint density at radius 1 is 1.45 bits per heavy atom. The van der Waals surface area contributed by atoms with E-state index in [1.165, 1.54) is 0 Å². The van der Waals surface area contributed by atoms with Crippen LogP contribution in [0.15, 0.2) is 40.9 Å². The van der Waals surface area contributed by atoms with Crippen molar-refractivity contribution in [1.82, 2.24) is 15.2 Å². The number of benzene rings is 1. The highest BCUT2D eigenvalue weighted by Gasteiger charge is 2.10. The van der Waals surface area contributed by atoms with Crippen LogP contribution in [0, 0.1) is 6.92 Å². The number of hydrogen-bond donors (Lipinski definition) is 1. The van der Waals surface area contributed by atoms with Crippen molar-refractivity contribution in [3.05, 3.63) is 52.7 Å². The van der Waals surface area contributed by atoms with Crippen LogP contribution in [-0.4, -0.2) is 21.9 Å². The third-order valence-electron chi connectivity index (χ3n) is 3.40.